The van der Waals surface area contributed by atoms with E-state index in [0.29, 0.717) is 0 Å². The van der Waals surface area contributed by atoms with Crippen molar-refractivity contribution < 1.29 is 15.0 Å². The van der Waals surface area contributed by atoms with Crippen molar-refractivity contribution >= 4 is 28.8 Å². The van der Waals surface area contributed by atoms with Gasteiger partial charge < -0.3 is 20.5 Å². The lowest BCUT2D eigenvalue weighted by molar-refractivity contribution is -0.118. The van der Waals surface area contributed by atoms with Crippen molar-refractivity contribution in [2.75, 3.05) is 12.4 Å². The van der Waals surface area contributed by atoms with Gasteiger partial charge in [0, 0.05) is 12.8 Å². The standard InChI is InChI=1S/C11H15N5O5S/c1-15-8-7(9(20)14-10(15)21)16(2-6(12)19)11(13-8)22-4-5(18)3-17/h5,17-18H,2-4H2,1H3,(H2,12,19)(H,14,20,21)/t5-/m1/s1. The van der Waals surface area contributed by atoms with Crippen LogP contribution in [0, 0.1) is 0 Å². The Balaban J connectivity index is 2.61. The molecule has 0 aliphatic carbocycles. The second kappa shape index (κ2) is 6.34. The van der Waals surface area contributed by atoms with Gasteiger partial charge in [0.25, 0.3) is 5.56 Å². The molecule has 2 heterocycles. The van der Waals surface area contributed by atoms with Crippen LogP contribution < -0.4 is 17.0 Å². The summed E-state index contributed by atoms with van der Waals surface area (Å²) in [5.74, 6) is -0.582. The van der Waals surface area contributed by atoms with Crippen LogP contribution in [0.4, 0.5) is 0 Å². The van der Waals surface area contributed by atoms with E-state index in [-0.39, 0.29) is 28.6 Å². The normalized spacial score (nSPS) is 12.7. The van der Waals surface area contributed by atoms with Gasteiger partial charge in [-0.2, -0.15) is 0 Å². The van der Waals surface area contributed by atoms with Gasteiger partial charge in [-0.3, -0.25) is 19.1 Å². The van der Waals surface area contributed by atoms with E-state index < -0.39 is 29.9 Å². The number of thioether (sulfide) groups is 1. The molecule has 0 aliphatic rings. The van der Waals surface area contributed by atoms with Gasteiger partial charge in [-0.1, -0.05) is 11.8 Å². The maximum absolute atomic E-state index is 12.0. The van der Waals surface area contributed by atoms with Crippen LogP contribution in [0.1, 0.15) is 0 Å². The van der Waals surface area contributed by atoms with Crippen LogP contribution in [-0.4, -0.2) is 53.7 Å². The van der Waals surface area contributed by atoms with Crippen molar-refractivity contribution in [2.45, 2.75) is 17.8 Å². The average molecular weight is 329 g/mol. The fourth-order valence-corrected chi connectivity index (χ4v) is 2.76. The summed E-state index contributed by atoms with van der Waals surface area (Å²) in [4.78, 5) is 41.1. The highest BCUT2D eigenvalue weighted by Gasteiger charge is 2.19. The number of nitrogens with zero attached hydrogens (tertiary/aromatic N) is 3. The number of H-pyrrole nitrogens is 1. The zero-order valence-electron chi connectivity index (χ0n) is 11.6. The van der Waals surface area contributed by atoms with E-state index in [1.54, 1.807) is 0 Å². The Morgan fingerprint density at radius 1 is 1.50 bits per heavy atom. The molecule has 2 rings (SSSR count). The molecule has 0 saturated carbocycles. The molecule has 0 saturated heterocycles. The summed E-state index contributed by atoms with van der Waals surface area (Å²) in [6, 6.07) is 0. The molecule has 5 N–H and O–H groups in total. The highest BCUT2D eigenvalue weighted by atomic mass is 32.2. The van der Waals surface area contributed by atoms with Crippen LogP contribution in [-0.2, 0) is 18.4 Å². The van der Waals surface area contributed by atoms with E-state index >= 15 is 0 Å². The molecule has 0 aliphatic heterocycles. The van der Waals surface area contributed by atoms with Gasteiger partial charge in [0.2, 0.25) is 5.91 Å². The fraction of sp³-hybridized carbons (Fsp3) is 0.455. The molecule has 22 heavy (non-hydrogen) atoms. The van der Waals surface area contributed by atoms with Crippen molar-refractivity contribution in [2.24, 2.45) is 12.8 Å². The van der Waals surface area contributed by atoms with Crippen LogP contribution in [0.15, 0.2) is 14.7 Å². The molecule has 11 heteroatoms. The summed E-state index contributed by atoms with van der Waals surface area (Å²) in [7, 11) is 1.43. The molecule has 0 radical (unpaired) electrons. The molecule has 0 bridgehead atoms. The Morgan fingerprint density at radius 3 is 2.77 bits per heavy atom. The molecule has 120 valence electrons. The Hall–Kier alpha value is -2.11. The van der Waals surface area contributed by atoms with Gasteiger partial charge in [0.15, 0.2) is 16.3 Å². The summed E-state index contributed by atoms with van der Waals surface area (Å²) >= 11 is 1.04. The number of fused-ring (bicyclic) bond motifs is 1. The number of aryl methyl sites for hydroxylation is 1. The minimum Gasteiger partial charge on any atom is -0.394 e. The van der Waals surface area contributed by atoms with Crippen LogP contribution >= 0.6 is 11.8 Å². The number of primary amides is 1. The van der Waals surface area contributed by atoms with E-state index in [9.17, 15) is 19.5 Å². The van der Waals surface area contributed by atoms with E-state index in [1.165, 1.54) is 11.6 Å². The molecular weight excluding hydrogens is 314 g/mol. The third-order valence-electron chi connectivity index (χ3n) is 2.90. The molecule has 0 unspecified atom stereocenters. The van der Waals surface area contributed by atoms with Gasteiger partial charge in [0.05, 0.1) is 12.7 Å². The third-order valence-corrected chi connectivity index (χ3v) is 4.02. The second-order valence-corrected chi connectivity index (χ2v) is 5.57. The smallest absolute Gasteiger partial charge is 0.329 e. The maximum atomic E-state index is 12.0. The van der Waals surface area contributed by atoms with Crippen LogP contribution in [0.25, 0.3) is 11.2 Å². The zero-order chi connectivity index (χ0) is 16.4. The largest absolute Gasteiger partial charge is 0.394 e. The Kier molecular flexibility index (Phi) is 4.68. The van der Waals surface area contributed by atoms with E-state index in [4.69, 9.17) is 10.8 Å². The number of imidazole rings is 1. The number of nitrogens with two attached hydrogens (primary N) is 1. The summed E-state index contributed by atoms with van der Waals surface area (Å²) in [5.41, 5.74) is 4.02. The molecule has 0 aromatic carbocycles. The van der Waals surface area contributed by atoms with Gasteiger partial charge in [-0.15, -0.1) is 0 Å². The first kappa shape index (κ1) is 16.3. The first-order valence-electron chi connectivity index (χ1n) is 6.24. The van der Waals surface area contributed by atoms with Gasteiger partial charge in [-0.05, 0) is 0 Å². The van der Waals surface area contributed by atoms with Crippen LogP contribution in [0.2, 0.25) is 0 Å². The predicted octanol–water partition coefficient (Wildman–Crippen LogP) is -2.65. The lowest BCUT2D eigenvalue weighted by Gasteiger charge is -2.08. The second-order valence-electron chi connectivity index (χ2n) is 4.58. The number of aromatic amines is 1. The van der Waals surface area contributed by atoms with Crippen LogP contribution in [0.5, 0.6) is 0 Å². The quantitative estimate of drug-likeness (QED) is 0.422. The highest BCUT2D eigenvalue weighted by Crippen LogP contribution is 2.21. The van der Waals surface area contributed by atoms with Crippen LogP contribution in [0.3, 0.4) is 0 Å². The average Bonchev–Trinajstić information content (AvgIpc) is 2.80. The van der Waals surface area contributed by atoms with Crippen molar-refractivity contribution in [3.05, 3.63) is 20.8 Å². The topological polar surface area (TPSA) is 156 Å². The summed E-state index contributed by atoms with van der Waals surface area (Å²) in [5, 5.41) is 18.5. The Labute approximate surface area is 127 Å². The molecular formula is C11H15N5O5S. The maximum Gasteiger partial charge on any atom is 0.329 e. The Morgan fingerprint density at radius 2 is 2.18 bits per heavy atom. The number of hydrogen-bond donors (Lipinski definition) is 4. The van der Waals surface area contributed by atoms with E-state index in [1.807, 2.05) is 0 Å². The minimum atomic E-state index is -0.978. The number of rotatable bonds is 6. The highest BCUT2D eigenvalue weighted by molar-refractivity contribution is 7.99. The lowest BCUT2D eigenvalue weighted by atomic mass is 10.4. The number of aliphatic hydroxyl groups excluding tert-OH is 2. The van der Waals surface area contributed by atoms with E-state index in [0.717, 1.165) is 16.3 Å². The molecule has 2 aromatic heterocycles. The number of hydrogen-bond acceptors (Lipinski definition) is 7. The molecule has 10 nitrogen and oxygen atoms in total. The van der Waals surface area contributed by atoms with E-state index in [2.05, 4.69) is 9.97 Å². The summed E-state index contributed by atoms with van der Waals surface area (Å²) in [6.45, 7) is -0.725. The molecule has 1 atom stereocenters. The number of nitrogens with one attached hydrogen (secondary N) is 1. The number of carbonyl (C=O) groups is 1. The van der Waals surface area contributed by atoms with Crippen molar-refractivity contribution in [3.8, 4) is 0 Å². The molecule has 2 aromatic rings. The van der Waals surface area contributed by atoms with Crippen molar-refractivity contribution in [3.63, 3.8) is 0 Å². The predicted molar refractivity (Wildman–Crippen MR) is 78.6 cm³/mol. The van der Waals surface area contributed by atoms with Crippen molar-refractivity contribution in [1.29, 1.82) is 0 Å². The molecule has 0 fully saturated rings. The van der Waals surface area contributed by atoms with Gasteiger partial charge in [0.1, 0.15) is 6.54 Å². The van der Waals surface area contributed by atoms with Gasteiger partial charge >= 0.3 is 5.69 Å². The summed E-state index contributed by atoms with van der Waals surface area (Å²) in [6.07, 6.45) is -0.978. The van der Waals surface area contributed by atoms with Gasteiger partial charge in [-0.25, -0.2) is 9.78 Å². The first-order valence-corrected chi connectivity index (χ1v) is 7.23. The lowest BCUT2D eigenvalue weighted by Crippen LogP contribution is -2.30. The van der Waals surface area contributed by atoms with Crippen molar-refractivity contribution in [1.82, 2.24) is 19.1 Å². The zero-order valence-corrected chi connectivity index (χ0v) is 12.5. The number of amides is 1. The fourth-order valence-electron chi connectivity index (χ4n) is 1.85. The first-order chi connectivity index (χ1) is 10.3. The molecule has 1 amide bonds. The SMILES string of the molecule is Cn1c(=O)[nH]c(=O)c2c1nc(SC[C@H](O)CO)n2CC(N)=O. The minimum absolute atomic E-state index is 0.0434. The number of carbonyl (C=O) groups excluding carboxylic acids is 1. The molecule has 0 spiro atoms. The summed E-state index contributed by atoms with van der Waals surface area (Å²) < 4.78 is 2.42. The number of aliphatic hydroxyl groups is 2. The monoisotopic (exact) mass is 329 g/mol. The Bertz CT molecular complexity index is 823. The number of aromatic nitrogens is 4. The third kappa shape index (κ3) is 3.05.